The zero-order chi connectivity index (χ0) is 16.2. The van der Waals surface area contributed by atoms with Crippen LogP contribution in [0.3, 0.4) is 0 Å². The van der Waals surface area contributed by atoms with Gasteiger partial charge in [0.2, 0.25) is 5.91 Å². The summed E-state index contributed by atoms with van der Waals surface area (Å²) < 4.78 is 0. The van der Waals surface area contributed by atoms with E-state index in [1.54, 1.807) is 17.4 Å². The lowest BCUT2D eigenvalue weighted by Gasteiger charge is -2.24. The molecule has 0 aliphatic carbocycles. The van der Waals surface area contributed by atoms with Gasteiger partial charge in [-0.3, -0.25) is 4.79 Å². The van der Waals surface area contributed by atoms with Crippen molar-refractivity contribution in [1.29, 1.82) is 0 Å². The van der Waals surface area contributed by atoms with E-state index in [1.807, 2.05) is 59.7 Å². The first-order chi connectivity index (χ1) is 11.1. The quantitative estimate of drug-likeness (QED) is 0.805. The number of hydrogen-bond acceptors (Lipinski definition) is 4. The van der Waals surface area contributed by atoms with Gasteiger partial charge >= 0.3 is 0 Å². The maximum Gasteiger partial charge on any atom is 0.247 e. The fourth-order valence-corrected chi connectivity index (χ4v) is 3.52. The van der Waals surface area contributed by atoms with E-state index in [4.69, 9.17) is 0 Å². The van der Waals surface area contributed by atoms with E-state index in [-0.39, 0.29) is 11.9 Å². The molecule has 2 aromatic rings. The minimum atomic E-state index is 0.0871. The van der Waals surface area contributed by atoms with Gasteiger partial charge in [0.1, 0.15) is 5.82 Å². The first-order valence-corrected chi connectivity index (χ1v) is 8.68. The average Bonchev–Trinajstić information content (AvgIpc) is 3.24. The van der Waals surface area contributed by atoms with Crippen molar-refractivity contribution in [3.63, 3.8) is 0 Å². The summed E-state index contributed by atoms with van der Waals surface area (Å²) in [6.45, 7) is 0.817. The van der Waals surface area contributed by atoms with Gasteiger partial charge in [0, 0.05) is 37.8 Å². The Morgan fingerprint density at radius 1 is 1.43 bits per heavy atom. The maximum atomic E-state index is 12.6. The van der Waals surface area contributed by atoms with Crippen molar-refractivity contribution in [2.45, 2.75) is 18.9 Å². The van der Waals surface area contributed by atoms with Crippen LogP contribution in [-0.2, 0) is 4.79 Å². The monoisotopic (exact) mass is 327 g/mol. The fourth-order valence-electron chi connectivity index (χ4n) is 2.90. The van der Waals surface area contributed by atoms with Gasteiger partial charge in [-0.2, -0.15) is 0 Å². The van der Waals surface area contributed by atoms with Gasteiger partial charge in [-0.1, -0.05) is 6.07 Å². The molecule has 1 saturated heterocycles. The molecule has 2 aromatic heterocycles. The van der Waals surface area contributed by atoms with Gasteiger partial charge in [-0.05, 0) is 48.1 Å². The predicted octanol–water partition coefficient (Wildman–Crippen LogP) is 3.59. The van der Waals surface area contributed by atoms with Crippen LogP contribution in [0.5, 0.6) is 0 Å². The highest BCUT2D eigenvalue weighted by Crippen LogP contribution is 2.33. The van der Waals surface area contributed by atoms with E-state index >= 15 is 0 Å². The number of aromatic nitrogens is 1. The molecule has 120 valence electrons. The van der Waals surface area contributed by atoms with Crippen molar-refractivity contribution in [3.8, 4) is 0 Å². The van der Waals surface area contributed by atoms with Crippen LogP contribution < -0.4 is 4.90 Å². The Balaban J connectivity index is 1.77. The van der Waals surface area contributed by atoms with Crippen molar-refractivity contribution in [1.82, 2.24) is 9.88 Å². The van der Waals surface area contributed by atoms with Gasteiger partial charge in [-0.15, -0.1) is 11.3 Å². The second-order valence-electron chi connectivity index (χ2n) is 5.88. The lowest BCUT2D eigenvalue weighted by Crippen LogP contribution is -2.29. The van der Waals surface area contributed by atoms with Gasteiger partial charge < -0.3 is 9.80 Å². The molecule has 1 atom stereocenters. The molecule has 3 rings (SSSR count). The molecule has 5 heteroatoms. The summed E-state index contributed by atoms with van der Waals surface area (Å²) in [6, 6.07) is 8.26. The number of carbonyl (C=O) groups excluding carboxylic acids is 1. The van der Waals surface area contributed by atoms with Gasteiger partial charge in [-0.25, -0.2) is 4.98 Å². The molecule has 0 radical (unpaired) electrons. The van der Waals surface area contributed by atoms with Crippen LogP contribution >= 0.6 is 11.3 Å². The van der Waals surface area contributed by atoms with Crippen LogP contribution in [-0.4, -0.2) is 36.4 Å². The molecule has 1 fully saturated rings. The van der Waals surface area contributed by atoms with Crippen molar-refractivity contribution in [3.05, 3.63) is 52.4 Å². The number of anilines is 1. The standard InChI is InChI=1S/C18H21N3OS/c1-20(2)17-13-14(9-10-19-17)16-6-3-11-21(16)18(22)8-7-15-5-4-12-23-15/h4-5,7-10,12-13,16H,3,6,11H2,1-2H3. The molecular formula is C18H21N3OS. The molecule has 1 amide bonds. The Hall–Kier alpha value is -2.14. The second-order valence-corrected chi connectivity index (χ2v) is 6.86. The van der Waals surface area contributed by atoms with E-state index in [9.17, 15) is 4.79 Å². The Morgan fingerprint density at radius 2 is 2.30 bits per heavy atom. The Kier molecular flexibility index (Phi) is 4.76. The molecule has 1 aliphatic rings. The Labute approximate surface area is 141 Å². The molecule has 0 N–H and O–H groups in total. The highest BCUT2D eigenvalue weighted by atomic mass is 32.1. The van der Waals surface area contributed by atoms with Crippen molar-refractivity contribution >= 4 is 29.1 Å². The van der Waals surface area contributed by atoms with E-state index in [1.165, 1.54) is 5.56 Å². The van der Waals surface area contributed by atoms with Crippen LogP contribution in [0.4, 0.5) is 5.82 Å². The van der Waals surface area contributed by atoms with Gasteiger partial charge in [0.15, 0.2) is 0 Å². The molecule has 3 heterocycles. The zero-order valence-electron chi connectivity index (χ0n) is 13.5. The first kappa shape index (κ1) is 15.7. The molecule has 1 aliphatic heterocycles. The van der Waals surface area contributed by atoms with Crippen LogP contribution in [0.2, 0.25) is 0 Å². The fraction of sp³-hybridized carbons (Fsp3) is 0.333. The van der Waals surface area contributed by atoms with E-state index in [2.05, 4.69) is 11.1 Å². The molecule has 0 spiro atoms. The summed E-state index contributed by atoms with van der Waals surface area (Å²) in [5.74, 6) is 1.01. The van der Waals surface area contributed by atoms with E-state index in [0.717, 1.165) is 30.1 Å². The summed E-state index contributed by atoms with van der Waals surface area (Å²) in [7, 11) is 3.96. The van der Waals surface area contributed by atoms with Crippen LogP contribution in [0.1, 0.15) is 29.3 Å². The average molecular weight is 327 g/mol. The summed E-state index contributed by atoms with van der Waals surface area (Å²) >= 11 is 1.64. The van der Waals surface area contributed by atoms with Gasteiger partial charge in [0.05, 0.1) is 6.04 Å². The molecule has 23 heavy (non-hydrogen) atoms. The number of hydrogen-bond donors (Lipinski definition) is 0. The number of rotatable bonds is 4. The molecular weight excluding hydrogens is 306 g/mol. The van der Waals surface area contributed by atoms with Crippen LogP contribution in [0, 0.1) is 0 Å². The lowest BCUT2D eigenvalue weighted by atomic mass is 10.1. The van der Waals surface area contributed by atoms with Crippen LogP contribution in [0.15, 0.2) is 41.9 Å². The second kappa shape index (κ2) is 6.96. The highest BCUT2D eigenvalue weighted by Gasteiger charge is 2.29. The SMILES string of the molecule is CN(C)c1cc(C2CCCN2C(=O)C=Cc2cccs2)ccn1. The minimum absolute atomic E-state index is 0.0871. The number of nitrogens with zero attached hydrogens (tertiary/aromatic N) is 3. The molecule has 0 saturated carbocycles. The summed E-state index contributed by atoms with van der Waals surface area (Å²) in [4.78, 5) is 22.0. The van der Waals surface area contributed by atoms with Gasteiger partial charge in [0.25, 0.3) is 0 Å². The summed E-state index contributed by atoms with van der Waals surface area (Å²) in [6.07, 6.45) is 7.48. The third kappa shape index (κ3) is 3.62. The first-order valence-electron chi connectivity index (χ1n) is 7.80. The van der Waals surface area contributed by atoms with Crippen molar-refractivity contribution in [2.24, 2.45) is 0 Å². The number of thiophene rings is 1. The minimum Gasteiger partial charge on any atom is -0.363 e. The van der Waals surface area contributed by atoms with Crippen molar-refractivity contribution in [2.75, 3.05) is 25.5 Å². The topological polar surface area (TPSA) is 36.4 Å². The van der Waals surface area contributed by atoms with E-state index in [0.29, 0.717) is 0 Å². The smallest absolute Gasteiger partial charge is 0.247 e. The van der Waals surface area contributed by atoms with Crippen LogP contribution in [0.25, 0.3) is 6.08 Å². The van der Waals surface area contributed by atoms with Crippen molar-refractivity contribution < 1.29 is 4.79 Å². The number of amides is 1. The Bertz CT molecular complexity index is 694. The molecule has 0 aromatic carbocycles. The normalized spacial score (nSPS) is 17.8. The highest BCUT2D eigenvalue weighted by molar-refractivity contribution is 7.10. The zero-order valence-corrected chi connectivity index (χ0v) is 14.3. The maximum absolute atomic E-state index is 12.6. The molecule has 4 nitrogen and oxygen atoms in total. The summed E-state index contributed by atoms with van der Waals surface area (Å²) in [5, 5.41) is 2.02. The Morgan fingerprint density at radius 3 is 3.04 bits per heavy atom. The number of carbonyl (C=O) groups is 1. The largest absolute Gasteiger partial charge is 0.363 e. The number of pyridine rings is 1. The molecule has 0 bridgehead atoms. The third-order valence-electron chi connectivity index (χ3n) is 4.08. The predicted molar refractivity (Wildman–Crippen MR) is 95.6 cm³/mol. The van der Waals surface area contributed by atoms with E-state index < -0.39 is 0 Å². The molecule has 1 unspecified atom stereocenters. The summed E-state index contributed by atoms with van der Waals surface area (Å²) in [5.41, 5.74) is 1.17. The number of likely N-dealkylation sites (tertiary alicyclic amines) is 1. The third-order valence-corrected chi connectivity index (χ3v) is 4.92. The lowest BCUT2D eigenvalue weighted by molar-refractivity contribution is -0.126.